The van der Waals surface area contributed by atoms with Crippen LogP contribution in [0.3, 0.4) is 0 Å². The number of ether oxygens (including phenoxy) is 15. The van der Waals surface area contributed by atoms with Crippen molar-refractivity contribution in [2.24, 2.45) is 5.92 Å². The summed E-state index contributed by atoms with van der Waals surface area (Å²) in [7, 11) is 0. The Bertz CT molecular complexity index is 1180. The SMILES string of the molecule is O=C(O)CCOCCOCCOCCOCCOCC(=O)CCC(CCC(=O)COCCOCCOCCOCCOCCC(=O)O)CC(=O)COCCOCCOCCOCCOCCC(=O)O. The van der Waals surface area contributed by atoms with E-state index in [2.05, 4.69) is 0 Å². The minimum Gasteiger partial charge on any atom is -0.481 e. The van der Waals surface area contributed by atoms with Gasteiger partial charge in [-0.15, -0.1) is 0 Å². The van der Waals surface area contributed by atoms with Gasteiger partial charge >= 0.3 is 17.9 Å². The van der Waals surface area contributed by atoms with Gasteiger partial charge in [0.2, 0.25) is 0 Å². The van der Waals surface area contributed by atoms with Crippen LogP contribution in [-0.2, 0) is 99.8 Å². The Morgan fingerprint density at radius 3 is 0.652 bits per heavy atom. The number of Topliss-reactive ketones (excluding diaryl/α,β-unsaturated/α-hetero) is 3. The normalized spacial score (nSPS) is 11.4. The van der Waals surface area contributed by atoms with Gasteiger partial charge in [0.15, 0.2) is 17.3 Å². The molecule has 0 aliphatic rings. The minimum atomic E-state index is -0.916. The Balaban J connectivity index is 4.31. The molecule has 0 fully saturated rings. The standard InChI is InChI=1S/C45H80O24/c46-40(36-67-32-29-64-26-23-61-20-17-58-14-11-55-8-5-43(49)50)3-1-39(35-42(48)38-69-34-31-66-28-25-63-22-19-60-16-13-57-10-7-45(53)54)2-4-41(47)37-68-33-30-65-27-24-62-21-18-59-15-12-56-9-6-44(51)52/h39H,1-38H2,(H,49,50)(H,51,52)(H,53,54). The van der Waals surface area contributed by atoms with Crippen LogP contribution in [0.15, 0.2) is 0 Å². The van der Waals surface area contributed by atoms with Crippen molar-refractivity contribution in [1.29, 1.82) is 0 Å². The quantitative estimate of drug-likeness (QED) is 0.0714. The van der Waals surface area contributed by atoms with Crippen LogP contribution in [0.5, 0.6) is 0 Å². The molecule has 24 nitrogen and oxygen atoms in total. The third kappa shape index (κ3) is 55.6. The minimum absolute atomic E-state index is 0.0510. The fourth-order valence-electron chi connectivity index (χ4n) is 5.28. The third-order valence-corrected chi connectivity index (χ3v) is 8.81. The van der Waals surface area contributed by atoms with E-state index in [-0.39, 0.29) is 141 Å². The summed E-state index contributed by atoms with van der Waals surface area (Å²) in [4.78, 5) is 69.5. The number of rotatable bonds is 59. The van der Waals surface area contributed by atoms with Crippen molar-refractivity contribution >= 4 is 35.3 Å². The van der Waals surface area contributed by atoms with Crippen molar-refractivity contribution in [3.05, 3.63) is 0 Å². The van der Waals surface area contributed by atoms with E-state index in [1.807, 2.05) is 0 Å². The summed E-state index contributed by atoms with van der Waals surface area (Å²) in [6, 6.07) is 0. The van der Waals surface area contributed by atoms with Gasteiger partial charge in [0, 0.05) is 19.3 Å². The molecule has 0 rings (SSSR count). The van der Waals surface area contributed by atoms with Gasteiger partial charge in [-0.25, -0.2) is 0 Å². The summed E-state index contributed by atoms with van der Waals surface area (Å²) in [6.07, 6.45) is 1.08. The van der Waals surface area contributed by atoms with Gasteiger partial charge < -0.3 is 86.4 Å². The number of carboxylic acids is 3. The molecule has 0 aromatic heterocycles. The van der Waals surface area contributed by atoms with E-state index in [9.17, 15) is 28.8 Å². The molecule has 0 unspecified atom stereocenters. The lowest BCUT2D eigenvalue weighted by molar-refractivity contribution is -0.139. The number of carbonyl (C=O) groups is 6. The number of hydrogen-bond donors (Lipinski definition) is 3. The van der Waals surface area contributed by atoms with Crippen molar-refractivity contribution in [3.8, 4) is 0 Å². The van der Waals surface area contributed by atoms with Gasteiger partial charge in [-0.3, -0.25) is 28.8 Å². The number of carbonyl (C=O) groups excluding carboxylic acids is 3. The second-order valence-electron chi connectivity index (χ2n) is 14.7. The smallest absolute Gasteiger partial charge is 0.305 e. The van der Waals surface area contributed by atoms with Gasteiger partial charge in [-0.1, -0.05) is 0 Å². The van der Waals surface area contributed by atoms with Gasteiger partial charge in [0.25, 0.3) is 0 Å². The number of aliphatic carboxylic acids is 3. The van der Waals surface area contributed by atoms with E-state index in [1.165, 1.54) is 0 Å². The summed E-state index contributed by atoms with van der Waals surface area (Å²) in [5.74, 6) is -3.43. The predicted molar refractivity (Wildman–Crippen MR) is 241 cm³/mol. The van der Waals surface area contributed by atoms with Crippen LogP contribution in [-0.4, -0.2) is 249 Å². The molecule has 0 atom stereocenters. The zero-order valence-corrected chi connectivity index (χ0v) is 40.4. The summed E-state index contributed by atoms with van der Waals surface area (Å²) in [6.45, 7) is 7.54. The Morgan fingerprint density at radius 1 is 0.246 bits per heavy atom. The number of hydrogen-bond acceptors (Lipinski definition) is 21. The molecule has 0 heterocycles. The van der Waals surface area contributed by atoms with Crippen LogP contribution >= 0.6 is 0 Å². The highest BCUT2D eigenvalue weighted by atomic mass is 16.6. The molecule has 0 aliphatic heterocycles. The van der Waals surface area contributed by atoms with E-state index in [0.717, 1.165) is 0 Å². The largest absolute Gasteiger partial charge is 0.481 e. The first-order valence-electron chi connectivity index (χ1n) is 23.5. The molecule has 0 aromatic rings. The van der Waals surface area contributed by atoms with E-state index in [1.54, 1.807) is 0 Å². The maximum absolute atomic E-state index is 12.9. The number of ketones is 3. The lowest BCUT2D eigenvalue weighted by atomic mass is 9.90. The second-order valence-corrected chi connectivity index (χ2v) is 14.7. The van der Waals surface area contributed by atoms with Gasteiger partial charge in [0.05, 0.1) is 198 Å². The van der Waals surface area contributed by atoms with E-state index >= 15 is 0 Å². The summed E-state index contributed by atoms with van der Waals surface area (Å²) in [5.41, 5.74) is 0. The van der Waals surface area contributed by atoms with Crippen molar-refractivity contribution in [3.63, 3.8) is 0 Å². The highest BCUT2D eigenvalue weighted by molar-refractivity contribution is 5.82. The monoisotopic (exact) mass is 1000 g/mol. The fraction of sp³-hybridized carbons (Fsp3) is 0.867. The van der Waals surface area contributed by atoms with Crippen LogP contribution in [0.25, 0.3) is 0 Å². The third-order valence-electron chi connectivity index (χ3n) is 8.81. The maximum Gasteiger partial charge on any atom is 0.305 e. The van der Waals surface area contributed by atoms with E-state index in [4.69, 9.17) is 86.4 Å². The molecule has 24 heteroatoms. The Morgan fingerprint density at radius 2 is 0.435 bits per heavy atom. The lowest BCUT2D eigenvalue weighted by Crippen LogP contribution is -2.20. The maximum atomic E-state index is 12.9. The summed E-state index contributed by atoms with van der Waals surface area (Å²) in [5, 5.41) is 25.7. The highest BCUT2D eigenvalue weighted by Crippen LogP contribution is 2.19. The fourth-order valence-corrected chi connectivity index (χ4v) is 5.28. The van der Waals surface area contributed by atoms with E-state index < -0.39 is 17.9 Å². The predicted octanol–water partition coefficient (Wildman–Crippen LogP) is 0.934. The van der Waals surface area contributed by atoms with Crippen LogP contribution in [0, 0.1) is 5.92 Å². The molecule has 69 heavy (non-hydrogen) atoms. The summed E-state index contributed by atoms with van der Waals surface area (Å²) < 4.78 is 80.5. The molecular weight excluding hydrogens is 924 g/mol. The van der Waals surface area contributed by atoms with Gasteiger partial charge in [-0.2, -0.15) is 0 Å². The first-order chi connectivity index (χ1) is 33.6. The van der Waals surface area contributed by atoms with Crippen LogP contribution in [0.2, 0.25) is 0 Å². The van der Waals surface area contributed by atoms with Gasteiger partial charge in [-0.05, 0) is 18.8 Å². The number of carboxylic acid groups (broad SMARTS) is 3. The molecule has 3 N–H and O–H groups in total. The summed E-state index contributed by atoms with van der Waals surface area (Å²) >= 11 is 0. The molecule has 0 bridgehead atoms. The average molecular weight is 1010 g/mol. The highest BCUT2D eigenvalue weighted by Gasteiger charge is 2.18. The first-order valence-corrected chi connectivity index (χ1v) is 23.5. The van der Waals surface area contributed by atoms with Crippen molar-refractivity contribution in [2.45, 2.75) is 51.4 Å². The molecule has 0 saturated carbocycles. The van der Waals surface area contributed by atoms with Crippen LogP contribution < -0.4 is 0 Å². The molecule has 0 spiro atoms. The van der Waals surface area contributed by atoms with Crippen molar-refractivity contribution < 1.29 is 115 Å². The molecule has 0 aromatic carbocycles. The second kappa shape index (κ2) is 52.6. The van der Waals surface area contributed by atoms with Crippen molar-refractivity contribution in [2.75, 3.05) is 198 Å². The molecule has 404 valence electrons. The Labute approximate surface area is 405 Å². The Hall–Kier alpha value is -3.18. The lowest BCUT2D eigenvalue weighted by Gasteiger charge is -2.16. The first kappa shape index (κ1) is 65.8. The zero-order chi connectivity index (χ0) is 50.5. The van der Waals surface area contributed by atoms with E-state index in [0.29, 0.717) is 132 Å². The molecule has 0 saturated heterocycles. The van der Waals surface area contributed by atoms with Crippen molar-refractivity contribution in [1.82, 2.24) is 0 Å². The average Bonchev–Trinajstić information content (AvgIpc) is 3.31. The molecular formula is C45H80O24. The van der Waals surface area contributed by atoms with Crippen LogP contribution in [0.4, 0.5) is 0 Å². The molecule has 0 aliphatic carbocycles. The topological polar surface area (TPSA) is 302 Å². The zero-order valence-electron chi connectivity index (χ0n) is 40.4. The molecule has 0 amide bonds. The molecule has 0 radical (unpaired) electrons. The Kier molecular flexibility index (Phi) is 50.2. The van der Waals surface area contributed by atoms with Crippen LogP contribution in [0.1, 0.15) is 51.4 Å². The van der Waals surface area contributed by atoms with Gasteiger partial charge in [0.1, 0.15) is 19.8 Å².